The number of aromatic hydroxyl groups is 1. The molecule has 0 saturated heterocycles. The van der Waals surface area contributed by atoms with E-state index in [4.69, 9.17) is 11.6 Å². The number of hydrogen-bond acceptors (Lipinski definition) is 4. The molecule has 0 radical (unpaired) electrons. The van der Waals surface area contributed by atoms with Crippen LogP contribution < -0.4 is 0 Å². The molecule has 3 heterocycles. The quantitative estimate of drug-likeness (QED) is 0.419. The van der Waals surface area contributed by atoms with Gasteiger partial charge < -0.3 is 10.0 Å². The third-order valence-corrected chi connectivity index (χ3v) is 7.19. The highest BCUT2D eigenvalue weighted by atomic mass is 35.5. The van der Waals surface area contributed by atoms with Gasteiger partial charge in [-0.05, 0) is 60.4 Å². The predicted octanol–water partition coefficient (Wildman–Crippen LogP) is 5.74. The molecule has 7 heteroatoms. The number of phenols is 1. The van der Waals surface area contributed by atoms with E-state index in [1.54, 1.807) is 12.1 Å². The second kappa shape index (κ2) is 8.45. The maximum Gasteiger partial charge on any atom is 0.264 e. The van der Waals surface area contributed by atoms with Gasteiger partial charge in [0.15, 0.2) is 0 Å². The first kappa shape index (κ1) is 20.8. The van der Waals surface area contributed by atoms with Crippen molar-refractivity contribution < 1.29 is 9.90 Å². The summed E-state index contributed by atoms with van der Waals surface area (Å²) in [7, 11) is 0. The zero-order valence-electron chi connectivity index (χ0n) is 17.6. The average molecular weight is 464 g/mol. The van der Waals surface area contributed by atoms with E-state index in [1.807, 2.05) is 59.0 Å². The number of thiophene rings is 1. The summed E-state index contributed by atoms with van der Waals surface area (Å²) in [5.74, 6) is 0.321. The largest absolute Gasteiger partial charge is 0.508 e. The number of halogens is 1. The first-order valence-electron chi connectivity index (χ1n) is 10.5. The lowest BCUT2D eigenvalue weighted by Gasteiger charge is -2.26. The Morgan fingerprint density at radius 3 is 2.59 bits per heavy atom. The van der Waals surface area contributed by atoms with Crippen molar-refractivity contribution in [2.24, 2.45) is 0 Å². The monoisotopic (exact) mass is 463 g/mol. The highest BCUT2D eigenvalue weighted by molar-refractivity contribution is 7.20. The number of aryl methyl sites for hydroxylation is 1. The van der Waals surface area contributed by atoms with Crippen LogP contribution in [0.1, 0.15) is 32.9 Å². The Kier molecular flexibility index (Phi) is 5.49. The Bertz CT molecular complexity index is 1320. The molecule has 32 heavy (non-hydrogen) atoms. The summed E-state index contributed by atoms with van der Waals surface area (Å²) in [6.45, 7) is 3.88. The van der Waals surface area contributed by atoms with Crippen molar-refractivity contribution >= 4 is 44.6 Å². The molecule has 0 aliphatic carbocycles. The summed E-state index contributed by atoms with van der Waals surface area (Å²) in [5, 5.41) is 15.9. The smallest absolute Gasteiger partial charge is 0.264 e. The second-order valence-corrected chi connectivity index (χ2v) is 9.44. The topological polar surface area (TPSA) is 58.4 Å². The number of hydrogen-bond donors (Lipinski definition) is 1. The lowest BCUT2D eigenvalue weighted by atomic mass is 9.99. The van der Waals surface area contributed by atoms with Gasteiger partial charge in [0.1, 0.15) is 10.6 Å². The maximum absolute atomic E-state index is 13.2. The van der Waals surface area contributed by atoms with Crippen molar-refractivity contribution in [1.82, 2.24) is 14.7 Å². The van der Waals surface area contributed by atoms with E-state index in [0.717, 1.165) is 38.3 Å². The van der Waals surface area contributed by atoms with Crippen molar-refractivity contribution in [2.75, 3.05) is 13.1 Å². The van der Waals surface area contributed by atoms with Crippen LogP contribution in [0, 0.1) is 6.92 Å². The number of carbonyl (C=O) groups is 1. The molecule has 1 amide bonds. The van der Waals surface area contributed by atoms with Gasteiger partial charge >= 0.3 is 0 Å². The van der Waals surface area contributed by atoms with Crippen LogP contribution in [0.4, 0.5) is 0 Å². The van der Waals surface area contributed by atoms with E-state index in [-0.39, 0.29) is 11.7 Å². The Hall–Kier alpha value is -3.09. The molecule has 162 valence electrons. The lowest BCUT2D eigenvalue weighted by Crippen LogP contribution is -2.34. The Morgan fingerprint density at radius 2 is 1.91 bits per heavy atom. The lowest BCUT2D eigenvalue weighted by molar-refractivity contribution is 0.0778. The molecule has 5 nitrogen and oxygen atoms in total. The average Bonchev–Trinajstić information content (AvgIpc) is 3.37. The Balaban J connectivity index is 1.35. The normalized spacial score (nSPS) is 14.1. The van der Waals surface area contributed by atoms with Crippen LogP contribution in [0.5, 0.6) is 5.75 Å². The van der Waals surface area contributed by atoms with Crippen molar-refractivity contribution in [3.8, 4) is 5.75 Å². The minimum absolute atomic E-state index is 0.0599. The highest BCUT2D eigenvalue weighted by Gasteiger charge is 2.23. The van der Waals surface area contributed by atoms with Gasteiger partial charge in [0.25, 0.3) is 5.91 Å². The van der Waals surface area contributed by atoms with Gasteiger partial charge in [-0.3, -0.25) is 9.48 Å². The first-order chi connectivity index (χ1) is 15.5. The number of rotatable bonds is 4. The minimum atomic E-state index is 0.0599. The van der Waals surface area contributed by atoms with Crippen LogP contribution in [0.2, 0.25) is 5.02 Å². The summed E-state index contributed by atoms with van der Waals surface area (Å²) in [6, 6.07) is 16.9. The summed E-state index contributed by atoms with van der Waals surface area (Å²) in [6.07, 6.45) is 2.90. The van der Waals surface area contributed by atoms with Crippen LogP contribution in [0.15, 0.2) is 60.7 Å². The summed E-state index contributed by atoms with van der Waals surface area (Å²) in [5.41, 5.74) is 4.34. The van der Waals surface area contributed by atoms with Gasteiger partial charge in [-0.15, -0.1) is 11.3 Å². The number of nitrogens with zero attached hydrogens (tertiary/aromatic N) is 3. The fourth-order valence-electron chi connectivity index (χ4n) is 4.04. The zero-order valence-corrected chi connectivity index (χ0v) is 19.2. The molecule has 0 fully saturated rings. The molecule has 0 atom stereocenters. The number of phenolic OH excluding ortho intramolecular Hbond substituents is 1. The molecule has 0 spiro atoms. The molecule has 1 aliphatic heterocycles. The second-order valence-electron chi connectivity index (χ2n) is 7.98. The van der Waals surface area contributed by atoms with Crippen molar-refractivity contribution in [3.05, 3.63) is 87.4 Å². The first-order valence-corrected chi connectivity index (χ1v) is 11.7. The molecule has 1 aliphatic rings. The number of aromatic nitrogens is 2. The molecule has 0 saturated carbocycles. The number of amides is 1. The fraction of sp³-hybridized carbons (Fsp3) is 0.200. The highest BCUT2D eigenvalue weighted by Crippen LogP contribution is 2.31. The van der Waals surface area contributed by atoms with Gasteiger partial charge in [0.2, 0.25) is 0 Å². The van der Waals surface area contributed by atoms with Crippen molar-refractivity contribution in [3.63, 3.8) is 0 Å². The number of fused-ring (bicyclic) bond motifs is 1. The summed E-state index contributed by atoms with van der Waals surface area (Å²) < 4.78 is 1.97. The van der Waals surface area contributed by atoms with E-state index in [0.29, 0.717) is 24.7 Å². The number of carbonyl (C=O) groups excluding carboxylic acids is 1. The van der Waals surface area contributed by atoms with Gasteiger partial charge in [-0.25, -0.2) is 0 Å². The molecule has 4 aromatic rings. The molecular weight excluding hydrogens is 442 g/mol. The van der Waals surface area contributed by atoms with Crippen LogP contribution in [0.25, 0.3) is 15.8 Å². The Labute approximate surface area is 195 Å². The van der Waals surface area contributed by atoms with Crippen molar-refractivity contribution in [2.45, 2.75) is 19.9 Å². The molecular formula is C25H22ClN3O2S. The van der Waals surface area contributed by atoms with Crippen LogP contribution in [-0.2, 0) is 6.54 Å². The standard InChI is InChI=1S/C25H22ClN3O2S/c1-16-22-14-23(32-25(22)29(27-16)15-17-2-6-20(26)7-3-17)24(31)28-12-10-19(11-13-28)18-4-8-21(30)9-5-18/h2-10,14,30H,11-13,15H2,1H3. The molecule has 1 N–H and O–H groups in total. The SMILES string of the molecule is Cc1nn(Cc2ccc(Cl)cc2)c2sc(C(=O)N3CC=C(c4ccc(O)cc4)CC3)cc12. The van der Waals surface area contributed by atoms with Crippen molar-refractivity contribution in [1.29, 1.82) is 0 Å². The molecule has 2 aromatic heterocycles. The van der Waals surface area contributed by atoms with E-state index in [1.165, 1.54) is 16.9 Å². The van der Waals surface area contributed by atoms with E-state index < -0.39 is 0 Å². The summed E-state index contributed by atoms with van der Waals surface area (Å²) in [4.78, 5) is 16.8. The van der Waals surface area contributed by atoms with Gasteiger partial charge in [-0.2, -0.15) is 5.10 Å². The molecule has 2 aromatic carbocycles. The molecule has 5 rings (SSSR count). The van der Waals surface area contributed by atoms with E-state index >= 15 is 0 Å². The zero-order chi connectivity index (χ0) is 22.2. The van der Waals surface area contributed by atoms with E-state index in [2.05, 4.69) is 11.2 Å². The molecule has 0 unspecified atom stereocenters. The predicted molar refractivity (Wildman–Crippen MR) is 130 cm³/mol. The number of benzene rings is 2. The van der Waals surface area contributed by atoms with Crippen LogP contribution >= 0.6 is 22.9 Å². The third-order valence-electron chi connectivity index (χ3n) is 5.80. The van der Waals surface area contributed by atoms with Gasteiger partial charge in [0.05, 0.1) is 17.1 Å². The fourth-order valence-corrected chi connectivity index (χ4v) is 5.29. The molecule has 0 bridgehead atoms. The summed E-state index contributed by atoms with van der Waals surface area (Å²) >= 11 is 7.50. The van der Waals surface area contributed by atoms with Crippen LogP contribution in [0.3, 0.4) is 0 Å². The van der Waals surface area contributed by atoms with E-state index in [9.17, 15) is 9.90 Å². The minimum Gasteiger partial charge on any atom is -0.508 e. The third kappa shape index (κ3) is 4.04. The van der Waals surface area contributed by atoms with Gasteiger partial charge in [0, 0.05) is 23.5 Å². The maximum atomic E-state index is 13.2. The van der Waals surface area contributed by atoms with Crippen LogP contribution in [-0.4, -0.2) is 38.8 Å². The Morgan fingerprint density at radius 1 is 1.16 bits per heavy atom. The van der Waals surface area contributed by atoms with Gasteiger partial charge in [-0.1, -0.05) is 41.9 Å².